The second-order valence-corrected chi connectivity index (χ2v) is 12.4. The number of methoxy groups -OCH3 is 1. The fourth-order valence-electron chi connectivity index (χ4n) is 6.34. The van der Waals surface area contributed by atoms with Crippen molar-refractivity contribution in [3.05, 3.63) is 54.1 Å². The average molecular weight is 528 g/mol. The van der Waals surface area contributed by atoms with Gasteiger partial charge in [-0.1, -0.05) is 0 Å². The molecule has 1 saturated carbocycles. The predicted octanol–water partition coefficient (Wildman–Crippen LogP) is 4.01. The molecule has 5 rings (SSSR count). The third-order valence-corrected chi connectivity index (χ3v) is 9.97. The third kappa shape index (κ3) is 5.72. The molecule has 0 unspecified atom stereocenters. The number of rotatable bonds is 9. The lowest BCUT2D eigenvalue weighted by molar-refractivity contribution is -0.0879. The maximum absolute atomic E-state index is 13.5. The quantitative estimate of drug-likeness (QED) is 0.499. The van der Waals surface area contributed by atoms with E-state index in [-0.39, 0.29) is 11.5 Å². The van der Waals surface area contributed by atoms with E-state index in [9.17, 15) is 9.59 Å². The van der Waals surface area contributed by atoms with Gasteiger partial charge in [0.15, 0.2) is 0 Å². The number of fused-ring (bicyclic) bond motifs is 1. The molecule has 0 bridgehead atoms. The van der Waals surface area contributed by atoms with E-state index >= 15 is 0 Å². The van der Waals surface area contributed by atoms with E-state index in [1.165, 1.54) is 41.0 Å². The Labute approximate surface area is 224 Å². The van der Waals surface area contributed by atoms with Crippen molar-refractivity contribution in [2.75, 3.05) is 40.0 Å². The number of amides is 1. The van der Waals surface area contributed by atoms with Gasteiger partial charge in [0, 0.05) is 60.2 Å². The summed E-state index contributed by atoms with van der Waals surface area (Å²) in [6, 6.07) is 2.68. The largest absolute Gasteiger partial charge is 0.382 e. The molecule has 1 amide bonds. The standard InChI is InChI=1S/C29H41N3O4S/c1-18-13-19(2)30-28(33)24(18)17-31-10-9-25-27(29(31)34)20(3)26(37-25)14-21-5-7-22(8-6-21)32-15-23(16-32)36-12-11-35-4/h13,21-23H,5-12,14-17H2,1-4H3,(H,30,33). The van der Waals surface area contributed by atoms with Gasteiger partial charge in [0.25, 0.3) is 11.5 Å². The minimum atomic E-state index is -0.0817. The molecule has 7 nitrogen and oxygen atoms in total. The summed E-state index contributed by atoms with van der Waals surface area (Å²) in [5, 5.41) is 0. The number of ether oxygens (including phenoxy) is 2. The summed E-state index contributed by atoms with van der Waals surface area (Å²) in [6.07, 6.45) is 7.38. The van der Waals surface area contributed by atoms with Gasteiger partial charge in [0.05, 0.1) is 31.4 Å². The van der Waals surface area contributed by atoms with E-state index in [0.29, 0.717) is 49.9 Å². The number of likely N-dealkylation sites (tertiary alicyclic amines) is 1. The number of hydrogen-bond donors (Lipinski definition) is 1. The summed E-state index contributed by atoms with van der Waals surface area (Å²) in [7, 11) is 1.71. The van der Waals surface area contributed by atoms with Crippen molar-refractivity contribution in [2.24, 2.45) is 5.92 Å². The Bertz CT molecular complexity index is 1170. The summed E-state index contributed by atoms with van der Waals surface area (Å²) < 4.78 is 10.9. The second kappa shape index (κ2) is 11.4. The number of pyridine rings is 1. The van der Waals surface area contributed by atoms with Gasteiger partial charge in [-0.15, -0.1) is 11.3 Å². The summed E-state index contributed by atoms with van der Waals surface area (Å²) >= 11 is 1.86. The maximum atomic E-state index is 13.5. The molecule has 1 aliphatic carbocycles. The van der Waals surface area contributed by atoms with Crippen LogP contribution in [0, 0.1) is 26.7 Å². The molecule has 37 heavy (non-hydrogen) atoms. The van der Waals surface area contributed by atoms with Crippen LogP contribution in [0.3, 0.4) is 0 Å². The number of thiophene rings is 1. The Balaban J connectivity index is 1.16. The minimum absolute atomic E-state index is 0.0817. The van der Waals surface area contributed by atoms with Crippen LogP contribution in [-0.2, 0) is 28.9 Å². The second-order valence-electron chi connectivity index (χ2n) is 11.2. The molecule has 1 saturated heterocycles. The van der Waals surface area contributed by atoms with Gasteiger partial charge in [-0.3, -0.25) is 14.5 Å². The van der Waals surface area contributed by atoms with Gasteiger partial charge in [0.1, 0.15) is 0 Å². The lowest BCUT2D eigenvalue weighted by atomic mass is 9.81. The van der Waals surface area contributed by atoms with Crippen molar-refractivity contribution in [1.29, 1.82) is 0 Å². The van der Waals surface area contributed by atoms with Crippen molar-refractivity contribution in [3.63, 3.8) is 0 Å². The van der Waals surface area contributed by atoms with Crippen molar-refractivity contribution < 1.29 is 14.3 Å². The highest BCUT2D eigenvalue weighted by atomic mass is 32.1. The van der Waals surface area contributed by atoms with Crippen LogP contribution in [0.4, 0.5) is 0 Å². The van der Waals surface area contributed by atoms with E-state index in [0.717, 1.165) is 42.8 Å². The number of nitrogens with one attached hydrogen (secondary N) is 1. The first kappa shape index (κ1) is 26.6. The molecule has 202 valence electrons. The first-order chi connectivity index (χ1) is 17.8. The van der Waals surface area contributed by atoms with Gasteiger partial charge in [-0.05, 0) is 76.0 Å². The topological polar surface area (TPSA) is 74.9 Å². The Morgan fingerprint density at radius 2 is 1.84 bits per heavy atom. The fourth-order valence-corrected chi connectivity index (χ4v) is 7.75. The summed E-state index contributed by atoms with van der Waals surface area (Å²) in [6.45, 7) is 10.5. The molecule has 3 aliphatic rings. The molecular weight excluding hydrogens is 486 g/mol. The zero-order valence-corrected chi connectivity index (χ0v) is 23.5. The molecule has 0 radical (unpaired) electrons. The Hall–Kier alpha value is -2.00. The van der Waals surface area contributed by atoms with E-state index in [2.05, 4.69) is 16.8 Å². The van der Waals surface area contributed by atoms with Crippen LogP contribution in [-0.4, -0.2) is 72.8 Å². The summed E-state index contributed by atoms with van der Waals surface area (Å²) in [5.74, 6) is 0.787. The molecule has 2 fully saturated rings. The van der Waals surface area contributed by atoms with E-state index < -0.39 is 0 Å². The van der Waals surface area contributed by atoms with Crippen LogP contribution >= 0.6 is 11.3 Å². The molecule has 2 aliphatic heterocycles. The number of H-pyrrole nitrogens is 1. The Morgan fingerprint density at radius 3 is 2.54 bits per heavy atom. The monoisotopic (exact) mass is 527 g/mol. The third-order valence-electron chi connectivity index (χ3n) is 8.60. The molecule has 4 heterocycles. The number of carbonyl (C=O) groups excluding carboxylic acids is 1. The van der Waals surface area contributed by atoms with Crippen LogP contribution in [0.1, 0.15) is 68.2 Å². The van der Waals surface area contributed by atoms with Gasteiger partial charge in [-0.25, -0.2) is 0 Å². The van der Waals surface area contributed by atoms with E-state index in [1.54, 1.807) is 7.11 Å². The Kier molecular flexibility index (Phi) is 8.19. The molecule has 0 spiro atoms. The van der Waals surface area contributed by atoms with Crippen molar-refractivity contribution in [3.8, 4) is 0 Å². The van der Waals surface area contributed by atoms with Gasteiger partial charge in [0.2, 0.25) is 0 Å². The van der Waals surface area contributed by atoms with Crippen LogP contribution in [0.5, 0.6) is 0 Å². The van der Waals surface area contributed by atoms with Crippen molar-refractivity contribution in [2.45, 2.75) is 78.0 Å². The number of nitrogens with zero attached hydrogens (tertiary/aromatic N) is 2. The van der Waals surface area contributed by atoms with Crippen LogP contribution in [0.25, 0.3) is 0 Å². The molecule has 2 aromatic heterocycles. The molecule has 0 atom stereocenters. The lowest BCUT2D eigenvalue weighted by Gasteiger charge is -2.46. The zero-order chi connectivity index (χ0) is 26.1. The number of aromatic amines is 1. The molecule has 0 aromatic carbocycles. The van der Waals surface area contributed by atoms with E-state index in [4.69, 9.17) is 9.47 Å². The minimum Gasteiger partial charge on any atom is -0.382 e. The maximum Gasteiger partial charge on any atom is 0.255 e. The molecule has 2 aromatic rings. The number of aromatic nitrogens is 1. The highest BCUT2D eigenvalue weighted by Gasteiger charge is 2.36. The van der Waals surface area contributed by atoms with Crippen LogP contribution < -0.4 is 5.56 Å². The highest BCUT2D eigenvalue weighted by Crippen LogP contribution is 2.38. The van der Waals surface area contributed by atoms with E-state index in [1.807, 2.05) is 36.2 Å². The predicted molar refractivity (Wildman–Crippen MR) is 147 cm³/mol. The first-order valence-electron chi connectivity index (χ1n) is 13.8. The number of carbonyl (C=O) groups is 1. The molecular formula is C29H41N3O4S. The van der Waals surface area contributed by atoms with Gasteiger partial charge in [-0.2, -0.15) is 0 Å². The van der Waals surface area contributed by atoms with Gasteiger partial charge < -0.3 is 19.4 Å². The van der Waals surface area contributed by atoms with Crippen molar-refractivity contribution in [1.82, 2.24) is 14.8 Å². The summed E-state index contributed by atoms with van der Waals surface area (Å²) in [4.78, 5) is 36.0. The SMILES string of the molecule is COCCOC1CN(C2CCC(Cc3sc4c(c3C)C(=O)N(Cc3c(C)cc(C)[nH]c3=O)CC4)CC2)C1. The fraction of sp³-hybridized carbons (Fsp3) is 0.655. The number of aryl methyl sites for hydroxylation is 2. The Morgan fingerprint density at radius 1 is 1.08 bits per heavy atom. The zero-order valence-electron chi connectivity index (χ0n) is 22.7. The summed E-state index contributed by atoms with van der Waals surface area (Å²) in [5.41, 5.74) is 4.49. The van der Waals surface area contributed by atoms with Gasteiger partial charge >= 0.3 is 0 Å². The molecule has 8 heteroatoms. The first-order valence-corrected chi connectivity index (χ1v) is 14.6. The number of hydrogen-bond acceptors (Lipinski definition) is 6. The smallest absolute Gasteiger partial charge is 0.255 e. The molecule has 1 N–H and O–H groups in total. The lowest BCUT2D eigenvalue weighted by Crippen LogP contribution is -2.57. The average Bonchev–Trinajstić information content (AvgIpc) is 3.15. The normalized spacial score (nSPS) is 22.8. The highest BCUT2D eigenvalue weighted by molar-refractivity contribution is 7.12. The van der Waals surface area contributed by atoms with Crippen molar-refractivity contribution >= 4 is 17.2 Å². The van der Waals surface area contributed by atoms with Crippen LogP contribution in [0.2, 0.25) is 0 Å². The van der Waals surface area contributed by atoms with Crippen LogP contribution in [0.15, 0.2) is 10.9 Å².